The van der Waals surface area contributed by atoms with E-state index in [9.17, 15) is 31.7 Å². The highest BCUT2D eigenvalue weighted by Crippen LogP contribution is 2.47. The SMILES string of the molecule is CC1(S(C)(=O)=O)CC(F)(F)C(c2cc([N+](=O)[O-])ccc2F)N=C1N. The highest BCUT2D eigenvalue weighted by molar-refractivity contribution is 7.92. The van der Waals surface area contributed by atoms with E-state index in [1.165, 1.54) is 0 Å². The minimum atomic E-state index is -4.02. The molecule has 11 heteroatoms. The summed E-state index contributed by atoms with van der Waals surface area (Å²) in [6, 6.07) is 0.00760. The van der Waals surface area contributed by atoms with Crippen LogP contribution in [-0.4, -0.2) is 36.1 Å². The number of hydrogen-bond donors (Lipinski definition) is 1. The summed E-state index contributed by atoms with van der Waals surface area (Å²) >= 11 is 0. The van der Waals surface area contributed by atoms with Gasteiger partial charge in [0.15, 0.2) is 9.84 Å². The molecule has 132 valence electrons. The van der Waals surface area contributed by atoms with E-state index < -0.39 is 60.8 Å². The summed E-state index contributed by atoms with van der Waals surface area (Å²) in [5.41, 5.74) is 4.27. The van der Waals surface area contributed by atoms with Gasteiger partial charge in [-0.05, 0) is 13.0 Å². The average molecular weight is 365 g/mol. The number of alkyl halides is 2. The number of benzene rings is 1. The van der Waals surface area contributed by atoms with Gasteiger partial charge >= 0.3 is 0 Å². The second-order valence-corrected chi connectivity index (χ2v) is 8.27. The summed E-state index contributed by atoms with van der Waals surface area (Å²) in [6.07, 6.45) is -0.458. The normalized spacial score (nSPS) is 26.7. The van der Waals surface area contributed by atoms with Crippen molar-refractivity contribution in [2.24, 2.45) is 10.7 Å². The second-order valence-electron chi connectivity index (χ2n) is 5.82. The lowest BCUT2D eigenvalue weighted by atomic mass is 9.88. The van der Waals surface area contributed by atoms with Gasteiger partial charge in [-0.1, -0.05) is 0 Å². The van der Waals surface area contributed by atoms with E-state index in [0.29, 0.717) is 12.1 Å². The molecular formula is C13H14F3N3O4S. The van der Waals surface area contributed by atoms with Gasteiger partial charge in [-0.15, -0.1) is 0 Å². The van der Waals surface area contributed by atoms with Gasteiger partial charge in [0, 0.05) is 30.4 Å². The summed E-state index contributed by atoms with van der Waals surface area (Å²) in [7, 11) is -4.02. The molecule has 1 aliphatic rings. The fourth-order valence-corrected chi connectivity index (χ4v) is 3.37. The molecule has 0 bridgehead atoms. The Morgan fingerprint density at radius 1 is 1.42 bits per heavy atom. The van der Waals surface area contributed by atoms with E-state index in [2.05, 4.69) is 4.99 Å². The van der Waals surface area contributed by atoms with Crippen LogP contribution in [-0.2, 0) is 9.84 Å². The van der Waals surface area contributed by atoms with Gasteiger partial charge < -0.3 is 5.73 Å². The molecule has 2 atom stereocenters. The van der Waals surface area contributed by atoms with Crippen molar-refractivity contribution in [3.63, 3.8) is 0 Å². The monoisotopic (exact) mass is 365 g/mol. The Morgan fingerprint density at radius 2 is 2.00 bits per heavy atom. The van der Waals surface area contributed by atoms with Crippen molar-refractivity contribution >= 4 is 21.4 Å². The number of aliphatic imine (C=N–C) groups is 1. The van der Waals surface area contributed by atoms with Crippen LogP contribution in [0.25, 0.3) is 0 Å². The van der Waals surface area contributed by atoms with E-state index in [1.54, 1.807) is 0 Å². The van der Waals surface area contributed by atoms with E-state index >= 15 is 0 Å². The summed E-state index contributed by atoms with van der Waals surface area (Å²) in [5, 5.41) is 10.8. The van der Waals surface area contributed by atoms with E-state index in [1.807, 2.05) is 0 Å². The predicted octanol–water partition coefficient (Wildman–Crippen LogP) is 1.97. The van der Waals surface area contributed by atoms with Gasteiger partial charge in [0.05, 0.1) is 4.92 Å². The smallest absolute Gasteiger partial charge is 0.276 e. The number of amidine groups is 1. The number of halogens is 3. The van der Waals surface area contributed by atoms with Crippen LogP contribution in [0.3, 0.4) is 0 Å². The molecular weight excluding hydrogens is 351 g/mol. The van der Waals surface area contributed by atoms with Gasteiger partial charge in [0.1, 0.15) is 22.4 Å². The van der Waals surface area contributed by atoms with Crippen molar-refractivity contribution in [1.82, 2.24) is 0 Å². The fraction of sp³-hybridized carbons (Fsp3) is 0.462. The minimum Gasteiger partial charge on any atom is -0.386 e. The first-order valence-electron chi connectivity index (χ1n) is 6.64. The Balaban J connectivity index is 2.65. The van der Waals surface area contributed by atoms with Crippen LogP contribution in [0, 0.1) is 15.9 Å². The Kier molecular flexibility index (Phi) is 4.11. The van der Waals surface area contributed by atoms with Crippen molar-refractivity contribution in [1.29, 1.82) is 0 Å². The van der Waals surface area contributed by atoms with Crippen LogP contribution in [0.4, 0.5) is 18.9 Å². The lowest BCUT2D eigenvalue weighted by Crippen LogP contribution is -2.55. The Bertz CT molecular complexity index is 841. The largest absolute Gasteiger partial charge is 0.386 e. The van der Waals surface area contributed by atoms with Gasteiger partial charge in [-0.3, -0.25) is 15.1 Å². The third-order valence-corrected chi connectivity index (χ3v) is 6.08. The second kappa shape index (κ2) is 5.43. The van der Waals surface area contributed by atoms with Gasteiger partial charge in [-0.2, -0.15) is 0 Å². The zero-order chi connectivity index (χ0) is 18.5. The van der Waals surface area contributed by atoms with Crippen molar-refractivity contribution in [2.75, 3.05) is 6.26 Å². The molecule has 0 aromatic heterocycles. The van der Waals surface area contributed by atoms with E-state index in [4.69, 9.17) is 5.73 Å². The fourth-order valence-electron chi connectivity index (χ4n) is 2.48. The highest BCUT2D eigenvalue weighted by Gasteiger charge is 2.57. The maximum atomic E-state index is 14.5. The maximum Gasteiger partial charge on any atom is 0.276 e. The quantitative estimate of drug-likeness (QED) is 0.649. The summed E-state index contributed by atoms with van der Waals surface area (Å²) in [5.74, 6) is -5.48. The van der Waals surface area contributed by atoms with Crippen molar-refractivity contribution in [3.8, 4) is 0 Å². The molecule has 0 saturated carbocycles. The van der Waals surface area contributed by atoms with Crippen LogP contribution in [0.1, 0.15) is 24.9 Å². The lowest BCUT2D eigenvalue weighted by Gasteiger charge is -2.38. The standard InChI is InChI=1S/C13H14F3N3O4S/c1-12(24(2,22)23)6-13(15,16)10(18-11(12)17)8-5-7(19(20)21)3-4-9(8)14/h3-5,10H,6H2,1-2H3,(H2,17,18). The zero-order valence-electron chi connectivity index (χ0n) is 12.7. The molecule has 1 aliphatic heterocycles. The average Bonchev–Trinajstić information content (AvgIpc) is 2.41. The third kappa shape index (κ3) is 2.83. The molecule has 2 N–H and O–H groups in total. The Morgan fingerprint density at radius 3 is 2.50 bits per heavy atom. The van der Waals surface area contributed by atoms with Crippen molar-refractivity contribution < 1.29 is 26.5 Å². The minimum absolute atomic E-state index is 0.590. The van der Waals surface area contributed by atoms with Crippen LogP contribution in [0.15, 0.2) is 23.2 Å². The van der Waals surface area contributed by atoms with Crippen LogP contribution in [0.5, 0.6) is 0 Å². The predicted molar refractivity (Wildman–Crippen MR) is 80.2 cm³/mol. The topological polar surface area (TPSA) is 116 Å². The van der Waals surface area contributed by atoms with Gasteiger partial charge in [0.25, 0.3) is 11.6 Å². The molecule has 1 aromatic rings. The first kappa shape index (κ1) is 18.2. The number of nitro groups is 1. The molecule has 1 aromatic carbocycles. The number of nitrogens with zero attached hydrogens (tertiary/aromatic N) is 2. The van der Waals surface area contributed by atoms with Crippen molar-refractivity contribution in [3.05, 3.63) is 39.7 Å². The Labute approximate surface area is 135 Å². The molecule has 0 radical (unpaired) electrons. The summed E-state index contributed by atoms with van der Waals surface area (Å²) in [4.78, 5) is 13.4. The molecule has 1 heterocycles. The molecule has 0 aliphatic carbocycles. The van der Waals surface area contributed by atoms with E-state index in [0.717, 1.165) is 19.2 Å². The summed E-state index contributed by atoms with van der Waals surface area (Å²) in [6.45, 7) is 1.01. The number of sulfone groups is 1. The molecule has 7 nitrogen and oxygen atoms in total. The van der Waals surface area contributed by atoms with E-state index in [-0.39, 0.29) is 0 Å². The third-order valence-electron chi connectivity index (χ3n) is 4.09. The molecule has 0 amide bonds. The molecule has 24 heavy (non-hydrogen) atoms. The molecule has 2 rings (SSSR count). The molecule has 0 spiro atoms. The molecule has 2 unspecified atom stereocenters. The maximum absolute atomic E-state index is 14.5. The van der Waals surface area contributed by atoms with Crippen LogP contribution < -0.4 is 5.73 Å². The molecule has 0 fully saturated rings. The summed E-state index contributed by atoms with van der Waals surface area (Å²) < 4.78 is 64.4. The lowest BCUT2D eigenvalue weighted by molar-refractivity contribution is -0.385. The van der Waals surface area contributed by atoms with Gasteiger partial charge in [0.2, 0.25) is 0 Å². The zero-order valence-corrected chi connectivity index (χ0v) is 13.5. The number of rotatable bonds is 3. The van der Waals surface area contributed by atoms with Crippen LogP contribution >= 0.6 is 0 Å². The number of non-ortho nitro benzene ring substituents is 1. The Hall–Kier alpha value is -2.17. The first-order chi connectivity index (χ1) is 10.8. The molecule has 0 saturated heterocycles. The number of nitro benzene ring substituents is 1. The van der Waals surface area contributed by atoms with Crippen LogP contribution in [0.2, 0.25) is 0 Å². The van der Waals surface area contributed by atoms with Crippen molar-refractivity contribution in [2.45, 2.75) is 30.1 Å². The first-order valence-corrected chi connectivity index (χ1v) is 8.54. The number of hydrogen-bond acceptors (Lipinski definition) is 6. The number of nitrogens with two attached hydrogens (primary N) is 1. The van der Waals surface area contributed by atoms with Gasteiger partial charge in [-0.25, -0.2) is 21.6 Å². The highest BCUT2D eigenvalue weighted by atomic mass is 32.2.